The van der Waals surface area contributed by atoms with E-state index in [4.69, 9.17) is 5.73 Å². The molecule has 0 spiro atoms. The predicted molar refractivity (Wildman–Crippen MR) is 68.6 cm³/mol. The van der Waals surface area contributed by atoms with E-state index in [9.17, 15) is 22.4 Å². The van der Waals surface area contributed by atoms with Crippen molar-refractivity contribution >= 4 is 5.91 Å². The van der Waals surface area contributed by atoms with Crippen LogP contribution in [0.15, 0.2) is 24.3 Å². The molecule has 1 atom stereocenters. The van der Waals surface area contributed by atoms with E-state index in [1.165, 1.54) is 24.3 Å². The molecular formula is C14H16F4N2O. The number of hydrogen-bond donors (Lipinski definition) is 1. The summed E-state index contributed by atoms with van der Waals surface area (Å²) in [6, 6.07) is 5.07. The van der Waals surface area contributed by atoms with E-state index in [0.29, 0.717) is 25.3 Å². The van der Waals surface area contributed by atoms with Crippen molar-refractivity contribution in [2.75, 3.05) is 0 Å². The van der Waals surface area contributed by atoms with Crippen LogP contribution in [0.1, 0.15) is 25.3 Å². The highest BCUT2D eigenvalue weighted by atomic mass is 19.4. The van der Waals surface area contributed by atoms with Gasteiger partial charge >= 0.3 is 6.18 Å². The first-order valence-corrected chi connectivity index (χ1v) is 6.54. The zero-order valence-electron chi connectivity index (χ0n) is 11.5. The minimum atomic E-state index is -4.82. The van der Waals surface area contributed by atoms with Gasteiger partial charge < -0.3 is 10.6 Å². The van der Waals surface area contributed by atoms with Crippen LogP contribution < -0.4 is 5.73 Å². The fraction of sp³-hybridized carbons (Fsp3) is 0.500. The van der Waals surface area contributed by atoms with Gasteiger partial charge in [0.2, 0.25) is 0 Å². The number of rotatable bonds is 4. The third kappa shape index (κ3) is 3.34. The van der Waals surface area contributed by atoms with Gasteiger partial charge in [0.15, 0.2) is 5.54 Å². The quantitative estimate of drug-likeness (QED) is 0.869. The van der Waals surface area contributed by atoms with Crippen molar-refractivity contribution in [1.29, 1.82) is 0 Å². The zero-order chi connectivity index (χ0) is 15.8. The molecule has 2 N–H and O–H groups in total. The molecule has 116 valence electrons. The Bertz CT molecular complexity index is 521. The summed E-state index contributed by atoms with van der Waals surface area (Å²) in [6.45, 7) is 0.669. The Hall–Kier alpha value is -1.63. The van der Waals surface area contributed by atoms with Crippen LogP contribution in [0.4, 0.5) is 17.6 Å². The molecule has 1 aromatic rings. The van der Waals surface area contributed by atoms with E-state index in [2.05, 4.69) is 0 Å². The molecule has 0 aliphatic heterocycles. The van der Waals surface area contributed by atoms with Crippen molar-refractivity contribution in [1.82, 2.24) is 4.90 Å². The van der Waals surface area contributed by atoms with Crippen LogP contribution in [0.25, 0.3) is 0 Å². The van der Waals surface area contributed by atoms with Crippen LogP contribution in [0.3, 0.4) is 0 Å². The average molecular weight is 304 g/mol. The van der Waals surface area contributed by atoms with Crippen molar-refractivity contribution in [2.24, 2.45) is 5.73 Å². The van der Waals surface area contributed by atoms with E-state index < -0.39 is 23.4 Å². The molecule has 0 bridgehead atoms. The maximum atomic E-state index is 12.9. The Kier molecular flexibility index (Phi) is 3.97. The minimum absolute atomic E-state index is 0.00729. The predicted octanol–water partition coefficient (Wildman–Crippen LogP) is 2.60. The summed E-state index contributed by atoms with van der Waals surface area (Å²) in [7, 11) is 0. The summed E-state index contributed by atoms with van der Waals surface area (Å²) in [5.41, 5.74) is 2.85. The number of nitrogens with zero attached hydrogens (tertiary/aromatic N) is 1. The number of nitrogens with two attached hydrogens (primary N) is 1. The number of hydrogen-bond acceptors (Lipinski definition) is 2. The molecule has 1 aromatic carbocycles. The van der Waals surface area contributed by atoms with Crippen LogP contribution in [-0.4, -0.2) is 28.6 Å². The van der Waals surface area contributed by atoms with Gasteiger partial charge in [-0.2, -0.15) is 13.2 Å². The molecule has 1 aliphatic carbocycles. The van der Waals surface area contributed by atoms with Gasteiger partial charge in [-0.25, -0.2) is 4.39 Å². The first-order chi connectivity index (χ1) is 9.63. The van der Waals surface area contributed by atoms with E-state index >= 15 is 0 Å². The molecule has 1 amide bonds. The van der Waals surface area contributed by atoms with Crippen molar-refractivity contribution in [3.63, 3.8) is 0 Å². The van der Waals surface area contributed by atoms with Crippen LogP contribution in [-0.2, 0) is 11.3 Å². The molecule has 3 nitrogen and oxygen atoms in total. The minimum Gasteiger partial charge on any atom is -0.333 e. The average Bonchev–Trinajstić information content (AvgIpc) is 3.20. The van der Waals surface area contributed by atoms with E-state index in [-0.39, 0.29) is 12.6 Å². The zero-order valence-corrected chi connectivity index (χ0v) is 11.5. The first kappa shape index (κ1) is 15.8. The van der Waals surface area contributed by atoms with E-state index in [0.717, 1.165) is 4.90 Å². The van der Waals surface area contributed by atoms with Gasteiger partial charge in [-0.3, -0.25) is 4.79 Å². The molecule has 0 saturated heterocycles. The number of halogens is 4. The fourth-order valence-corrected chi connectivity index (χ4v) is 1.96. The Labute approximate surface area is 119 Å². The normalized spacial score (nSPS) is 18.2. The Balaban J connectivity index is 2.19. The topological polar surface area (TPSA) is 46.3 Å². The number of amides is 1. The Morgan fingerprint density at radius 3 is 2.24 bits per heavy atom. The number of alkyl halides is 3. The SMILES string of the molecule is CC(N)(C(=O)N(Cc1ccc(F)cc1)C1CC1)C(F)(F)F. The Morgan fingerprint density at radius 2 is 1.81 bits per heavy atom. The van der Waals surface area contributed by atoms with Crippen molar-refractivity contribution in [3.05, 3.63) is 35.6 Å². The summed E-state index contributed by atoms with van der Waals surface area (Å²) in [5.74, 6) is -1.59. The molecule has 0 aromatic heterocycles. The lowest BCUT2D eigenvalue weighted by Crippen LogP contribution is -2.62. The van der Waals surface area contributed by atoms with Crippen molar-refractivity contribution in [2.45, 2.75) is 44.1 Å². The van der Waals surface area contributed by atoms with Gasteiger partial charge in [0.25, 0.3) is 5.91 Å². The standard InChI is InChI=1S/C14H16F4N2O/c1-13(19,14(16,17)18)12(21)20(11-6-7-11)8-9-2-4-10(15)5-3-9/h2-5,11H,6-8,19H2,1H3. The highest BCUT2D eigenvalue weighted by Crippen LogP contribution is 2.35. The van der Waals surface area contributed by atoms with Crippen molar-refractivity contribution < 1.29 is 22.4 Å². The number of carbonyl (C=O) groups is 1. The van der Waals surface area contributed by atoms with Gasteiger partial charge in [-0.05, 0) is 37.5 Å². The lowest BCUT2D eigenvalue weighted by molar-refractivity contribution is -0.194. The van der Waals surface area contributed by atoms with Gasteiger partial charge in [-0.1, -0.05) is 12.1 Å². The monoisotopic (exact) mass is 304 g/mol. The summed E-state index contributed by atoms with van der Waals surface area (Å²) in [5, 5.41) is 0. The number of benzene rings is 1. The fourth-order valence-electron chi connectivity index (χ4n) is 1.96. The van der Waals surface area contributed by atoms with Crippen LogP contribution >= 0.6 is 0 Å². The summed E-state index contributed by atoms with van der Waals surface area (Å²) >= 11 is 0. The maximum Gasteiger partial charge on any atom is 0.415 e. The number of carbonyl (C=O) groups excluding carboxylic acids is 1. The third-order valence-corrected chi connectivity index (χ3v) is 3.55. The second-order valence-corrected chi connectivity index (χ2v) is 5.49. The second-order valence-electron chi connectivity index (χ2n) is 5.49. The van der Waals surface area contributed by atoms with Gasteiger partial charge in [0.1, 0.15) is 5.82 Å². The molecule has 2 rings (SSSR count). The second kappa shape index (κ2) is 5.29. The smallest absolute Gasteiger partial charge is 0.333 e. The maximum absolute atomic E-state index is 12.9. The molecule has 1 aliphatic rings. The first-order valence-electron chi connectivity index (χ1n) is 6.54. The van der Waals surface area contributed by atoms with Gasteiger partial charge in [0.05, 0.1) is 0 Å². The molecule has 21 heavy (non-hydrogen) atoms. The highest BCUT2D eigenvalue weighted by molar-refractivity contribution is 5.87. The largest absolute Gasteiger partial charge is 0.415 e. The molecule has 7 heteroatoms. The molecule has 1 fully saturated rings. The molecular weight excluding hydrogens is 288 g/mol. The van der Waals surface area contributed by atoms with Crippen LogP contribution in [0.5, 0.6) is 0 Å². The molecule has 1 unspecified atom stereocenters. The van der Waals surface area contributed by atoms with Crippen LogP contribution in [0, 0.1) is 5.82 Å². The summed E-state index contributed by atoms with van der Waals surface area (Å²) in [6.07, 6.45) is -3.51. The van der Waals surface area contributed by atoms with Crippen LogP contribution in [0.2, 0.25) is 0 Å². The van der Waals surface area contributed by atoms with E-state index in [1.54, 1.807) is 0 Å². The molecule has 0 radical (unpaired) electrons. The highest BCUT2D eigenvalue weighted by Gasteiger charge is 2.56. The Morgan fingerprint density at radius 1 is 1.29 bits per heavy atom. The molecule has 1 saturated carbocycles. The molecule has 0 heterocycles. The lowest BCUT2D eigenvalue weighted by atomic mass is 10.0. The lowest BCUT2D eigenvalue weighted by Gasteiger charge is -2.33. The summed E-state index contributed by atoms with van der Waals surface area (Å²) < 4.78 is 51.5. The third-order valence-electron chi connectivity index (χ3n) is 3.55. The summed E-state index contributed by atoms with van der Waals surface area (Å²) in [4.78, 5) is 13.3. The van der Waals surface area contributed by atoms with Gasteiger partial charge in [-0.15, -0.1) is 0 Å². The van der Waals surface area contributed by atoms with E-state index in [1.807, 2.05) is 0 Å². The van der Waals surface area contributed by atoms with Crippen molar-refractivity contribution in [3.8, 4) is 0 Å². The van der Waals surface area contributed by atoms with Gasteiger partial charge in [0, 0.05) is 12.6 Å².